The molecule has 0 amide bonds. The van der Waals surface area contributed by atoms with Gasteiger partial charge in [0.25, 0.3) is 0 Å². The predicted octanol–water partition coefficient (Wildman–Crippen LogP) is 1.90. The fraction of sp³-hybridized carbons (Fsp3) is 0.667. The maximum absolute atomic E-state index is 4.85. The van der Waals surface area contributed by atoms with Gasteiger partial charge in [-0.05, 0) is 6.42 Å². The van der Waals surface area contributed by atoms with Crippen LogP contribution in [0.4, 0.5) is 0 Å². The molecule has 1 aliphatic rings. The number of allylic oxidation sites excluding steroid dienone is 1. The molecule has 1 rings (SSSR count). The molecule has 0 saturated heterocycles. The van der Waals surface area contributed by atoms with E-state index in [9.17, 15) is 0 Å². The molecule has 1 unspecified atom stereocenters. The molecule has 0 aromatic carbocycles. The maximum Gasteiger partial charge on any atom is 0.141 e. The SMILES string of the molecule is CCC(C)C1=CO1. The van der Waals surface area contributed by atoms with Crippen LogP contribution >= 0.6 is 0 Å². The highest BCUT2D eigenvalue weighted by Crippen LogP contribution is 2.25. The van der Waals surface area contributed by atoms with Crippen LogP contribution in [0.5, 0.6) is 0 Å². The molecule has 0 aromatic rings. The van der Waals surface area contributed by atoms with Crippen LogP contribution in [0.1, 0.15) is 20.3 Å². The van der Waals surface area contributed by atoms with Crippen LogP contribution in [-0.2, 0) is 4.74 Å². The van der Waals surface area contributed by atoms with E-state index in [0.29, 0.717) is 5.92 Å². The van der Waals surface area contributed by atoms with Crippen molar-refractivity contribution in [3.05, 3.63) is 12.0 Å². The van der Waals surface area contributed by atoms with E-state index in [2.05, 4.69) is 13.8 Å². The van der Waals surface area contributed by atoms with E-state index in [1.54, 1.807) is 0 Å². The van der Waals surface area contributed by atoms with Gasteiger partial charge in [0, 0.05) is 5.92 Å². The summed E-state index contributed by atoms with van der Waals surface area (Å²) in [6, 6.07) is 0. The summed E-state index contributed by atoms with van der Waals surface area (Å²) in [4.78, 5) is 0. The molecule has 7 heavy (non-hydrogen) atoms. The van der Waals surface area contributed by atoms with Crippen LogP contribution in [0.25, 0.3) is 0 Å². The van der Waals surface area contributed by atoms with Gasteiger partial charge in [-0.25, -0.2) is 0 Å². The first kappa shape index (κ1) is 4.69. The predicted molar refractivity (Wildman–Crippen MR) is 28.6 cm³/mol. The Morgan fingerprint density at radius 2 is 2.43 bits per heavy atom. The van der Waals surface area contributed by atoms with Gasteiger partial charge in [0.05, 0.1) is 0 Å². The van der Waals surface area contributed by atoms with Crippen molar-refractivity contribution in [2.45, 2.75) is 20.3 Å². The Balaban J connectivity index is 2.24. The van der Waals surface area contributed by atoms with Crippen molar-refractivity contribution in [3.8, 4) is 0 Å². The molecule has 1 nitrogen and oxygen atoms in total. The van der Waals surface area contributed by atoms with Gasteiger partial charge in [-0.2, -0.15) is 0 Å². The molecule has 0 aromatic heterocycles. The lowest BCUT2D eigenvalue weighted by Gasteiger charge is -1.95. The van der Waals surface area contributed by atoms with E-state index in [0.717, 1.165) is 0 Å². The molecular formula is C6H10O. The van der Waals surface area contributed by atoms with Crippen LogP contribution in [-0.4, -0.2) is 0 Å². The summed E-state index contributed by atoms with van der Waals surface area (Å²) in [5.74, 6) is 1.82. The smallest absolute Gasteiger partial charge is 0.141 e. The molecule has 0 aliphatic carbocycles. The number of hydrogen-bond donors (Lipinski definition) is 0. The van der Waals surface area contributed by atoms with Crippen LogP contribution in [0.15, 0.2) is 12.0 Å². The van der Waals surface area contributed by atoms with Gasteiger partial charge in [-0.1, -0.05) is 13.8 Å². The third-order valence-corrected chi connectivity index (χ3v) is 1.35. The zero-order valence-corrected chi connectivity index (χ0v) is 4.77. The van der Waals surface area contributed by atoms with Crippen LogP contribution in [0, 0.1) is 5.92 Å². The van der Waals surface area contributed by atoms with Crippen molar-refractivity contribution in [1.29, 1.82) is 0 Å². The summed E-state index contributed by atoms with van der Waals surface area (Å²) >= 11 is 0. The highest BCUT2D eigenvalue weighted by molar-refractivity contribution is 5.05. The van der Waals surface area contributed by atoms with Crippen molar-refractivity contribution in [2.24, 2.45) is 5.92 Å². The Morgan fingerprint density at radius 3 is 2.57 bits per heavy atom. The Hall–Kier alpha value is -0.460. The first-order chi connectivity index (χ1) is 3.34. The van der Waals surface area contributed by atoms with E-state index in [1.807, 2.05) is 6.26 Å². The highest BCUT2D eigenvalue weighted by Gasteiger charge is 2.15. The Morgan fingerprint density at radius 1 is 1.86 bits per heavy atom. The molecule has 0 N–H and O–H groups in total. The quantitative estimate of drug-likeness (QED) is 0.514. The van der Waals surface area contributed by atoms with E-state index in [1.165, 1.54) is 12.2 Å². The largest absolute Gasteiger partial charge is 0.462 e. The Bertz CT molecular complexity index is 94.4. The maximum atomic E-state index is 4.85. The van der Waals surface area contributed by atoms with Crippen molar-refractivity contribution in [2.75, 3.05) is 0 Å². The standard InChI is InChI=1S/C6H10O/c1-3-5(2)6-4-7-6/h4-5H,3H2,1-2H3. The summed E-state index contributed by atoms with van der Waals surface area (Å²) in [6.45, 7) is 4.33. The molecule has 0 spiro atoms. The minimum absolute atomic E-state index is 0.653. The lowest BCUT2D eigenvalue weighted by Crippen LogP contribution is -1.86. The third-order valence-electron chi connectivity index (χ3n) is 1.35. The van der Waals surface area contributed by atoms with Gasteiger partial charge in [0.2, 0.25) is 0 Å². The van der Waals surface area contributed by atoms with Gasteiger partial charge in [0.1, 0.15) is 12.0 Å². The first-order valence-electron chi connectivity index (χ1n) is 2.71. The topological polar surface area (TPSA) is 12.5 Å². The van der Waals surface area contributed by atoms with Gasteiger partial charge < -0.3 is 4.74 Å². The Labute approximate surface area is 44.0 Å². The lowest BCUT2D eigenvalue weighted by atomic mass is 10.1. The molecule has 1 heteroatoms. The molecule has 1 aliphatic heterocycles. The van der Waals surface area contributed by atoms with E-state index in [4.69, 9.17) is 4.74 Å². The number of hydrogen-bond acceptors (Lipinski definition) is 1. The molecular weight excluding hydrogens is 88.1 g/mol. The van der Waals surface area contributed by atoms with Crippen LogP contribution in [0.3, 0.4) is 0 Å². The molecule has 0 radical (unpaired) electrons. The van der Waals surface area contributed by atoms with Crippen molar-refractivity contribution < 1.29 is 4.74 Å². The van der Waals surface area contributed by atoms with Gasteiger partial charge in [0.15, 0.2) is 0 Å². The van der Waals surface area contributed by atoms with Gasteiger partial charge >= 0.3 is 0 Å². The highest BCUT2D eigenvalue weighted by atomic mass is 16.5. The molecule has 1 atom stereocenters. The van der Waals surface area contributed by atoms with Crippen molar-refractivity contribution >= 4 is 0 Å². The van der Waals surface area contributed by atoms with E-state index in [-0.39, 0.29) is 0 Å². The molecule has 1 heterocycles. The normalized spacial score (nSPS) is 20.0. The summed E-state index contributed by atoms with van der Waals surface area (Å²) in [5, 5.41) is 0. The van der Waals surface area contributed by atoms with Gasteiger partial charge in [-0.15, -0.1) is 0 Å². The third kappa shape index (κ3) is 0.952. The fourth-order valence-corrected chi connectivity index (χ4v) is 0.468. The minimum atomic E-state index is 0.653. The average Bonchev–Trinajstić information content (AvgIpc) is 2.44. The van der Waals surface area contributed by atoms with Crippen molar-refractivity contribution in [3.63, 3.8) is 0 Å². The molecule has 0 fully saturated rings. The molecule has 0 saturated carbocycles. The first-order valence-corrected chi connectivity index (χ1v) is 2.71. The average molecular weight is 98.1 g/mol. The Kier molecular flexibility index (Phi) is 1.05. The van der Waals surface area contributed by atoms with E-state index < -0.39 is 0 Å². The molecule has 0 bridgehead atoms. The summed E-state index contributed by atoms with van der Waals surface area (Å²) in [7, 11) is 0. The lowest BCUT2D eigenvalue weighted by molar-refractivity contribution is 0.431. The number of ether oxygens (including phenoxy) is 1. The fourth-order valence-electron chi connectivity index (χ4n) is 0.468. The second kappa shape index (κ2) is 1.57. The van der Waals surface area contributed by atoms with E-state index >= 15 is 0 Å². The summed E-state index contributed by atoms with van der Waals surface area (Å²) in [6.07, 6.45) is 3.00. The van der Waals surface area contributed by atoms with Gasteiger partial charge in [-0.3, -0.25) is 0 Å². The number of rotatable bonds is 2. The van der Waals surface area contributed by atoms with Crippen LogP contribution in [0.2, 0.25) is 0 Å². The zero-order valence-electron chi connectivity index (χ0n) is 4.77. The molecule has 40 valence electrons. The summed E-state index contributed by atoms with van der Waals surface area (Å²) in [5.41, 5.74) is 0. The second-order valence-corrected chi connectivity index (χ2v) is 1.95. The minimum Gasteiger partial charge on any atom is -0.462 e. The summed E-state index contributed by atoms with van der Waals surface area (Å²) < 4.78 is 4.85. The monoisotopic (exact) mass is 98.1 g/mol. The zero-order chi connectivity index (χ0) is 5.28. The second-order valence-electron chi connectivity index (χ2n) is 1.95. The van der Waals surface area contributed by atoms with Crippen molar-refractivity contribution in [1.82, 2.24) is 0 Å². The van der Waals surface area contributed by atoms with Crippen LogP contribution < -0.4 is 0 Å².